The number of anilines is 1. The average Bonchev–Trinajstić information content (AvgIpc) is 3.60. The summed E-state index contributed by atoms with van der Waals surface area (Å²) in [5.41, 5.74) is 1.54. The Morgan fingerprint density at radius 3 is 2.10 bits per heavy atom. The van der Waals surface area contributed by atoms with E-state index in [9.17, 15) is 16.8 Å². The topological polar surface area (TPSA) is 111 Å². The zero-order chi connectivity index (χ0) is 22.1. The van der Waals surface area contributed by atoms with Gasteiger partial charge in [-0.3, -0.25) is 0 Å². The second-order valence-electron chi connectivity index (χ2n) is 7.77. The molecule has 8 nitrogen and oxygen atoms in total. The Bertz CT molecular complexity index is 1180. The van der Waals surface area contributed by atoms with E-state index in [4.69, 9.17) is 5.26 Å². The lowest BCUT2D eigenvalue weighted by atomic mass is 10.2. The maximum atomic E-state index is 13.1. The van der Waals surface area contributed by atoms with Crippen LogP contribution in [0.25, 0.3) is 0 Å². The van der Waals surface area contributed by atoms with E-state index in [0.29, 0.717) is 38.2 Å². The van der Waals surface area contributed by atoms with Crippen LogP contribution in [0.3, 0.4) is 0 Å². The number of nitrogens with one attached hydrogen (secondary N) is 1. The van der Waals surface area contributed by atoms with Crippen molar-refractivity contribution in [2.75, 3.05) is 31.1 Å². The predicted molar refractivity (Wildman–Crippen MR) is 117 cm³/mol. The number of nitrogens with zero attached hydrogens (tertiary/aromatic N) is 3. The van der Waals surface area contributed by atoms with Gasteiger partial charge in [-0.15, -0.1) is 0 Å². The fourth-order valence-corrected chi connectivity index (χ4v) is 6.34. The van der Waals surface area contributed by atoms with Gasteiger partial charge in [0, 0.05) is 37.9 Å². The molecule has 10 heteroatoms. The van der Waals surface area contributed by atoms with Gasteiger partial charge in [0.1, 0.15) is 0 Å². The fraction of sp³-hybridized carbons (Fsp3) is 0.381. The van der Waals surface area contributed by atoms with Gasteiger partial charge in [-0.1, -0.05) is 0 Å². The Labute approximate surface area is 183 Å². The maximum absolute atomic E-state index is 13.1. The molecule has 0 amide bonds. The Morgan fingerprint density at radius 2 is 1.48 bits per heavy atom. The summed E-state index contributed by atoms with van der Waals surface area (Å²) in [7, 11) is -7.34. The monoisotopic (exact) mass is 460 g/mol. The highest BCUT2D eigenvalue weighted by atomic mass is 32.2. The van der Waals surface area contributed by atoms with Crippen molar-refractivity contribution < 1.29 is 16.8 Å². The van der Waals surface area contributed by atoms with E-state index in [0.717, 1.165) is 18.5 Å². The summed E-state index contributed by atoms with van der Waals surface area (Å²) in [5, 5.41) is 8.95. The Hall–Kier alpha value is -2.45. The third-order valence-electron chi connectivity index (χ3n) is 5.49. The first-order valence-corrected chi connectivity index (χ1v) is 13.1. The van der Waals surface area contributed by atoms with Crippen LogP contribution in [0.2, 0.25) is 0 Å². The highest BCUT2D eigenvalue weighted by Crippen LogP contribution is 2.25. The number of hydrogen-bond acceptors (Lipinski definition) is 6. The van der Waals surface area contributed by atoms with Crippen molar-refractivity contribution in [3.8, 4) is 6.07 Å². The molecule has 2 fully saturated rings. The standard InChI is InChI=1S/C21H24N4O4S2/c22-16-17-2-6-19(7-3-17)24-12-1-13-25(15-14-24)31(28,29)21-10-8-20(9-11-21)30(26,27)23-18-4-5-18/h2-3,6-11,18,23H,1,4-5,12-15H2. The highest BCUT2D eigenvalue weighted by molar-refractivity contribution is 7.89. The van der Waals surface area contributed by atoms with Crippen LogP contribution in [-0.4, -0.2) is 53.4 Å². The van der Waals surface area contributed by atoms with Gasteiger partial charge < -0.3 is 4.90 Å². The van der Waals surface area contributed by atoms with Crippen molar-refractivity contribution >= 4 is 25.7 Å². The molecule has 2 aromatic carbocycles. The van der Waals surface area contributed by atoms with Crippen LogP contribution in [0.1, 0.15) is 24.8 Å². The zero-order valence-electron chi connectivity index (χ0n) is 16.9. The summed E-state index contributed by atoms with van der Waals surface area (Å²) < 4.78 is 54.9. The number of sulfonamides is 2. The molecule has 1 N–H and O–H groups in total. The summed E-state index contributed by atoms with van der Waals surface area (Å²) in [6.07, 6.45) is 2.33. The van der Waals surface area contributed by atoms with E-state index >= 15 is 0 Å². The summed E-state index contributed by atoms with van der Waals surface area (Å²) in [5.74, 6) is 0. The minimum absolute atomic E-state index is 0.00967. The molecule has 4 rings (SSSR count). The molecule has 0 bridgehead atoms. The molecule has 1 saturated heterocycles. The molecule has 0 atom stereocenters. The average molecular weight is 461 g/mol. The zero-order valence-corrected chi connectivity index (χ0v) is 18.6. The first-order valence-electron chi connectivity index (χ1n) is 10.2. The van der Waals surface area contributed by atoms with Crippen molar-refractivity contribution in [1.82, 2.24) is 9.03 Å². The van der Waals surface area contributed by atoms with Gasteiger partial charge in [0.05, 0.1) is 21.4 Å². The van der Waals surface area contributed by atoms with E-state index in [2.05, 4.69) is 15.7 Å². The SMILES string of the molecule is N#Cc1ccc(N2CCCN(S(=O)(=O)c3ccc(S(=O)(=O)NC4CC4)cc3)CC2)cc1. The third kappa shape index (κ3) is 4.91. The molecule has 1 heterocycles. The smallest absolute Gasteiger partial charge is 0.243 e. The molecule has 1 aliphatic carbocycles. The number of rotatable bonds is 6. The van der Waals surface area contributed by atoms with Gasteiger partial charge in [-0.2, -0.15) is 9.57 Å². The Kier molecular flexibility index (Phi) is 6.03. The largest absolute Gasteiger partial charge is 0.370 e. The molecule has 1 saturated carbocycles. The van der Waals surface area contributed by atoms with E-state index < -0.39 is 20.0 Å². The highest BCUT2D eigenvalue weighted by Gasteiger charge is 2.30. The number of benzene rings is 2. The Morgan fingerprint density at radius 1 is 0.839 bits per heavy atom. The Balaban J connectivity index is 1.46. The quantitative estimate of drug-likeness (QED) is 0.705. The fourth-order valence-electron chi connectivity index (χ4n) is 3.57. The van der Waals surface area contributed by atoms with Crippen molar-refractivity contribution in [3.63, 3.8) is 0 Å². The van der Waals surface area contributed by atoms with Crippen LogP contribution in [0.15, 0.2) is 58.3 Å². The van der Waals surface area contributed by atoms with Crippen molar-refractivity contribution in [2.24, 2.45) is 0 Å². The lowest BCUT2D eigenvalue weighted by Crippen LogP contribution is -2.35. The van der Waals surface area contributed by atoms with Gasteiger partial charge in [0.25, 0.3) is 0 Å². The van der Waals surface area contributed by atoms with Gasteiger partial charge >= 0.3 is 0 Å². The van der Waals surface area contributed by atoms with Crippen LogP contribution in [0, 0.1) is 11.3 Å². The summed E-state index contributed by atoms with van der Waals surface area (Å²) in [6, 6.07) is 14.7. The number of hydrogen-bond donors (Lipinski definition) is 1. The molecule has 0 spiro atoms. The van der Waals surface area contributed by atoms with Crippen molar-refractivity contribution in [3.05, 3.63) is 54.1 Å². The van der Waals surface area contributed by atoms with Crippen LogP contribution in [0.5, 0.6) is 0 Å². The molecular formula is C21H24N4O4S2. The molecule has 1 aliphatic heterocycles. The first kappa shape index (κ1) is 21.8. The van der Waals surface area contributed by atoms with Crippen LogP contribution in [-0.2, 0) is 20.0 Å². The summed E-state index contributed by atoms with van der Waals surface area (Å²) in [4.78, 5) is 2.27. The molecule has 0 aromatic heterocycles. The first-order chi connectivity index (χ1) is 14.8. The van der Waals surface area contributed by atoms with E-state index in [1.165, 1.54) is 28.6 Å². The predicted octanol–water partition coefficient (Wildman–Crippen LogP) is 1.90. The second kappa shape index (κ2) is 8.59. The maximum Gasteiger partial charge on any atom is 0.243 e. The lowest BCUT2D eigenvalue weighted by Gasteiger charge is -2.23. The minimum atomic E-state index is -3.73. The van der Waals surface area contributed by atoms with E-state index in [-0.39, 0.29) is 15.8 Å². The summed E-state index contributed by atoms with van der Waals surface area (Å²) >= 11 is 0. The third-order valence-corrected chi connectivity index (χ3v) is 8.94. The van der Waals surface area contributed by atoms with Crippen molar-refractivity contribution in [1.29, 1.82) is 5.26 Å². The number of nitriles is 1. The van der Waals surface area contributed by atoms with Crippen molar-refractivity contribution in [2.45, 2.75) is 35.1 Å². The molecule has 0 unspecified atom stereocenters. The van der Waals surface area contributed by atoms with Crippen LogP contribution >= 0.6 is 0 Å². The minimum Gasteiger partial charge on any atom is -0.370 e. The van der Waals surface area contributed by atoms with Crippen LogP contribution < -0.4 is 9.62 Å². The second-order valence-corrected chi connectivity index (χ2v) is 11.4. The van der Waals surface area contributed by atoms with Gasteiger partial charge in [-0.25, -0.2) is 21.6 Å². The van der Waals surface area contributed by atoms with Gasteiger partial charge in [0.15, 0.2) is 0 Å². The molecule has 31 heavy (non-hydrogen) atoms. The van der Waals surface area contributed by atoms with E-state index in [1.807, 2.05) is 12.1 Å². The van der Waals surface area contributed by atoms with Gasteiger partial charge in [-0.05, 0) is 67.8 Å². The molecule has 164 valence electrons. The van der Waals surface area contributed by atoms with Crippen LogP contribution in [0.4, 0.5) is 5.69 Å². The lowest BCUT2D eigenvalue weighted by molar-refractivity contribution is 0.433. The van der Waals surface area contributed by atoms with Gasteiger partial charge in [0.2, 0.25) is 20.0 Å². The van der Waals surface area contributed by atoms with E-state index in [1.54, 1.807) is 12.1 Å². The summed E-state index contributed by atoms with van der Waals surface area (Å²) in [6.45, 7) is 1.95. The molecule has 2 aliphatic rings. The molecule has 2 aromatic rings. The molecular weight excluding hydrogens is 436 g/mol. The normalized spacial score (nSPS) is 18.4. The molecule has 0 radical (unpaired) electrons.